The fourth-order valence-electron chi connectivity index (χ4n) is 1.00. The highest BCUT2D eigenvalue weighted by Gasteiger charge is 2.05. The summed E-state index contributed by atoms with van der Waals surface area (Å²) in [6.45, 7) is 3.89. The summed E-state index contributed by atoms with van der Waals surface area (Å²) in [5.41, 5.74) is 0. The third-order valence-corrected chi connectivity index (χ3v) is 2.77. The van der Waals surface area contributed by atoms with Gasteiger partial charge in [-0.25, -0.2) is 8.42 Å². The van der Waals surface area contributed by atoms with Gasteiger partial charge < -0.3 is 4.90 Å². The van der Waals surface area contributed by atoms with Crippen LogP contribution in [0.3, 0.4) is 0 Å². The first-order valence-electron chi connectivity index (χ1n) is 4.06. The van der Waals surface area contributed by atoms with Crippen LogP contribution in [0.2, 0.25) is 0 Å². The van der Waals surface area contributed by atoms with Gasteiger partial charge in [-0.2, -0.15) is 0 Å². The number of hydrogen-bond donors (Lipinski definition) is 0. The second-order valence-electron chi connectivity index (χ2n) is 2.90. The minimum absolute atomic E-state index is 0.0720. The molecule has 0 bridgehead atoms. The van der Waals surface area contributed by atoms with Crippen molar-refractivity contribution >= 4 is 19.7 Å². The standard InChI is InChI=1S/C7H16ClNO2S/c1-3-5-9(2)6-4-7-12(8,10)11/h3-7H2,1-2H3. The molecule has 3 nitrogen and oxygen atoms in total. The van der Waals surface area contributed by atoms with E-state index >= 15 is 0 Å². The van der Waals surface area contributed by atoms with Crippen molar-refractivity contribution in [3.63, 3.8) is 0 Å². The molecule has 0 aliphatic rings. The fourth-order valence-corrected chi connectivity index (χ4v) is 1.80. The van der Waals surface area contributed by atoms with Crippen molar-refractivity contribution in [3.05, 3.63) is 0 Å². The summed E-state index contributed by atoms with van der Waals surface area (Å²) in [4.78, 5) is 2.10. The molecule has 0 atom stereocenters. The van der Waals surface area contributed by atoms with Gasteiger partial charge >= 0.3 is 0 Å². The zero-order valence-corrected chi connectivity index (χ0v) is 9.16. The first kappa shape index (κ1) is 12.2. The molecule has 0 aliphatic heterocycles. The van der Waals surface area contributed by atoms with Gasteiger partial charge in [-0.3, -0.25) is 0 Å². The Bertz CT molecular complexity index is 203. The van der Waals surface area contributed by atoms with Crippen LogP contribution in [0.25, 0.3) is 0 Å². The largest absolute Gasteiger partial charge is 0.306 e. The summed E-state index contributed by atoms with van der Waals surface area (Å²) in [5.74, 6) is 0.0720. The van der Waals surface area contributed by atoms with Gasteiger partial charge in [0.05, 0.1) is 5.75 Å². The number of hydrogen-bond acceptors (Lipinski definition) is 3. The molecule has 0 radical (unpaired) electrons. The minimum Gasteiger partial charge on any atom is -0.306 e. The number of nitrogens with zero attached hydrogens (tertiary/aromatic N) is 1. The summed E-state index contributed by atoms with van der Waals surface area (Å²) >= 11 is 0. The van der Waals surface area contributed by atoms with Crippen LogP contribution in [0.5, 0.6) is 0 Å². The Balaban J connectivity index is 3.44. The Morgan fingerprint density at radius 1 is 1.33 bits per heavy atom. The van der Waals surface area contributed by atoms with E-state index in [1.165, 1.54) is 0 Å². The smallest absolute Gasteiger partial charge is 0.232 e. The van der Waals surface area contributed by atoms with Crippen LogP contribution in [-0.2, 0) is 9.05 Å². The molecule has 0 unspecified atom stereocenters. The predicted octanol–water partition coefficient (Wildman–Crippen LogP) is 1.29. The Labute approximate surface area is 79.1 Å². The van der Waals surface area contributed by atoms with Gasteiger partial charge in [-0.1, -0.05) is 6.92 Å². The average molecular weight is 214 g/mol. The van der Waals surface area contributed by atoms with Crippen molar-refractivity contribution in [1.82, 2.24) is 4.90 Å². The topological polar surface area (TPSA) is 37.4 Å². The van der Waals surface area contributed by atoms with Crippen LogP contribution >= 0.6 is 10.7 Å². The monoisotopic (exact) mass is 213 g/mol. The molecule has 0 spiro atoms. The fraction of sp³-hybridized carbons (Fsp3) is 1.00. The van der Waals surface area contributed by atoms with Gasteiger partial charge in [0.25, 0.3) is 0 Å². The lowest BCUT2D eigenvalue weighted by atomic mass is 10.4. The van der Waals surface area contributed by atoms with Crippen LogP contribution in [0.1, 0.15) is 19.8 Å². The van der Waals surface area contributed by atoms with Crippen molar-refractivity contribution in [3.8, 4) is 0 Å². The zero-order chi connectivity index (χ0) is 9.61. The molecule has 12 heavy (non-hydrogen) atoms. The molecular weight excluding hydrogens is 198 g/mol. The van der Waals surface area contributed by atoms with Crippen LogP contribution in [0.4, 0.5) is 0 Å². The van der Waals surface area contributed by atoms with Crippen molar-refractivity contribution in [2.75, 3.05) is 25.9 Å². The van der Waals surface area contributed by atoms with Gasteiger partial charge in [-0.15, -0.1) is 0 Å². The molecule has 0 aromatic rings. The molecule has 0 aromatic heterocycles. The first-order valence-corrected chi connectivity index (χ1v) is 6.54. The molecule has 74 valence electrons. The van der Waals surface area contributed by atoms with Gasteiger partial charge in [-0.05, 0) is 33.0 Å². The van der Waals surface area contributed by atoms with Crippen molar-refractivity contribution < 1.29 is 8.42 Å². The van der Waals surface area contributed by atoms with E-state index in [9.17, 15) is 8.42 Å². The van der Waals surface area contributed by atoms with E-state index in [1.54, 1.807) is 0 Å². The predicted molar refractivity (Wildman–Crippen MR) is 52.0 cm³/mol. The van der Waals surface area contributed by atoms with Gasteiger partial charge in [0.1, 0.15) is 0 Å². The first-order chi connectivity index (χ1) is 5.45. The summed E-state index contributed by atoms with van der Waals surface area (Å²) in [7, 11) is 3.73. The molecule has 0 rings (SSSR count). The minimum atomic E-state index is -3.29. The lowest BCUT2D eigenvalue weighted by Gasteiger charge is -2.13. The van der Waals surface area contributed by atoms with Crippen LogP contribution in [-0.4, -0.2) is 39.2 Å². The molecule has 0 fully saturated rings. The summed E-state index contributed by atoms with van der Waals surface area (Å²) in [5, 5.41) is 0. The van der Waals surface area contributed by atoms with E-state index < -0.39 is 9.05 Å². The summed E-state index contributed by atoms with van der Waals surface area (Å²) in [6.07, 6.45) is 1.70. The second-order valence-corrected chi connectivity index (χ2v) is 5.80. The molecule has 0 aromatic carbocycles. The maximum atomic E-state index is 10.5. The summed E-state index contributed by atoms with van der Waals surface area (Å²) in [6, 6.07) is 0. The Morgan fingerprint density at radius 3 is 2.33 bits per heavy atom. The molecule has 5 heteroatoms. The third-order valence-electron chi connectivity index (χ3n) is 1.53. The quantitative estimate of drug-likeness (QED) is 0.624. The third kappa shape index (κ3) is 8.30. The molecular formula is C7H16ClNO2S. The number of rotatable bonds is 6. The summed E-state index contributed by atoms with van der Waals surface area (Å²) < 4.78 is 21.0. The van der Waals surface area contributed by atoms with Crippen LogP contribution < -0.4 is 0 Å². The van der Waals surface area contributed by atoms with Crippen molar-refractivity contribution in [1.29, 1.82) is 0 Å². The van der Waals surface area contributed by atoms with Gasteiger partial charge in [0.2, 0.25) is 9.05 Å². The van der Waals surface area contributed by atoms with Gasteiger partial charge in [0.15, 0.2) is 0 Å². The number of halogens is 1. The lowest BCUT2D eigenvalue weighted by Crippen LogP contribution is -2.21. The molecule has 0 amide bonds. The maximum Gasteiger partial charge on any atom is 0.232 e. The van der Waals surface area contributed by atoms with E-state index in [1.807, 2.05) is 7.05 Å². The molecule has 0 N–H and O–H groups in total. The zero-order valence-electron chi connectivity index (χ0n) is 7.59. The highest BCUT2D eigenvalue weighted by molar-refractivity contribution is 8.13. The van der Waals surface area contributed by atoms with Crippen molar-refractivity contribution in [2.45, 2.75) is 19.8 Å². The highest BCUT2D eigenvalue weighted by Crippen LogP contribution is 1.99. The molecule has 0 saturated heterocycles. The maximum absolute atomic E-state index is 10.5. The second kappa shape index (κ2) is 5.78. The average Bonchev–Trinajstić information content (AvgIpc) is 1.84. The normalized spacial score (nSPS) is 12.3. The molecule has 0 saturated carbocycles. The van der Waals surface area contributed by atoms with Crippen LogP contribution in [0.15, 0.2) is 0 Å². The Hall–Kier alpha value is 0.200. The van der Waals surface area contributed by atoms with Gasteiger partial charge in [0, 0.05) is 10.7 Å². The van der Waals surface area contributed by atoms with E-state index in [0.29, 0.717) is 6.42 Å². The van der Waals surface area contributed by atoms with E-state index in [2.05, 4.69) is 11.8 Å². The molecule has 0 aliphatic carbocycles. The lowest BCUT2D eigenvalue weighted by molar-refractivity contribution is 0.336. The van der Waals surface area contributed by atoms with Crippen molar-refractivity contribution in [2.24, 2.45) is 0 Å². The molecule has 0 heterocycles. The SMILES string of the molecule is CCCN(C)CCCS(=O)(=O)Cl. The highest BCUT2D eigenvalue weighted by atomic mass is 35.7. The Kier molecular flexibility index (Phi) is 5.88. The van der Waals surface area contributed by atoms with E-state index in [4.69, 9.17) is 10.7 Å². The Morgan fingerprint density at radius 2 is 1.92 bits per heavy atom. The van der Waals surface area contributed by atoms with E-state index in [0.717, 1.165) is 19.5 Å². The van der Waals surface area contributed by atoms with E-state index in [-0.39, 0.29) is 5.75 Å². The van der Waals surface area contributed by atoms with Crippen LogP contribution in [0, 0.1) is 0 Å².